The number of aromatic nitrogens is 4. The molecule has 3 rings (SSSR count). The minimum absolute atomic E-state index is 0.195. The molecule has 0 fully saturated rings. The summed E-state index contributed by atoms with van der Waals surface area (Å²) in [6, 6.07) is 14.0. The number of hydrogen-bond acceptors (Lipinski definition) is 6. The lowest BCUT2D eigenvalue weighted by atomic mass is 10.3. The van der Waals surface area contributed by atoms with Gasteiger partial charge in [0.15, 0.2) is 15.7 Å². The Kier molecular flexibility index (Phi) is 4.81. The summed E-state index contributed by atoms with van der Waals surface area (Å²) >= 11 is 2.21. The average Bonchev–Trinajstić information content (AvgIpc) is 3.01. The van der Waals surface area contributed by atoms with Gasteiger partial charge >= 0.3 is 0 Å². The van der Waals surface area contributed by atoms with Crippen molar-refractivity contribution in [2.75, 3.05) is 6.26 Å². The molecule has 124 valence electrons. The van der Waals surface area contributed by atoms with E-state index in [4.69, 9.17) is 4.74 Å². The molecule has 1 aromatic heterocycles. The summed E-state index contributed by atoms with van der Waals surface area (Å²) < 4.78 is 31.3. The lowest BCUT2D eigenvalue weighted by Gasteiger charge is -2.08. The Morgan fingerprint density at radius 3 is 2.58 bits per heavy atom. The highest BCUT2D eigenvalue weighted by Gasteiger charge is 2.11. The Morgan fingerprint density at radius 1 is 1.17 bits per heavy atom. The second-order valence-electron chi connectivity index (χ2n) is 5.02. The van der Waals surface area contributed by atoms with E-state index < -0.39 is 9.84 Å². The number of nitrogens with zero attached hydrogens (tertiary/aromatic N) is 4. The minimum atomic E-state index is -3.24. The highest BCUT2D eigenvalue weighted by molar-refractivity contribution is 14.1. The molecule has 3 aromatic rings. The van der Waals surface area contributed by atoms with Crippen molar-refractivity contribution < 1.29 is 13.2 Å². The molecule has 0 bridgehead atoms. The number of halogens is 1. The number of benzene rings is 2. The summed E-state index contributed by atoms with van der Waals surface area (Å²) in [4.78, 5) is 0.246. The summed E-state index contributed by atoms with van der Waals surface area (Å²) in [7, 11) is -3.24. The van der Waals surface area contributed by atoms with E-state index in [9.17, 15) is 8.42 Å². The van der Waals surface area contributed by atoms with Crippen LogP contribution in [0.5, 0.6) is 5.75 Å². The largest absolute Gasteiger partial charge is 0.485 e. The van der Waals surface area contributed by atoms with Crippen molar-refractivity contribution in [1.82, 2.24) is 20.2 Å². The monoisotopic (exact) mass is 456 g/mol. The molecular formula is C15H13IN4O3S. The van der Waals surface area contributed by atoms with Gasteiger partial charge in [-0.05, 0) is 75.5 Å². The van der Waals surface area contributed by atoms with Crippen molar-refractivity contribution in [3.05, 3.63) is 57.9 Å². The van der Waals surface area contributed by atoms with Crippen LogP contribution in [0, 0.1) is 3.57 Å². The molecule has 2 aromatic carbocycles. The van der Waals surface area contributed by atoms with E-state index in [1.54, 1.807) is 12.1 Å². The molecule has 0 saturated carbocycles. The molecule has 24 heavy (non-hydrogen) atoms. The van der Waals surface area contributed by atoms with Crippen LogP contribution < -0.4 is 4.74 Å². The summed E-state index contributed by atoms with van der Waals surface area (Å²) in [5.41, 5.74) is 0.661. The van der Waals surface area contributed by atoms with Crippen molar-refractivity contribution >= 4 is 32.4 Å². The van der Waals surface area contributed by atoms with Crippen molar-refractivity contribution in [1.29, 1.82) is 0 Å². The predicted octanol–water partition coefficient (Wildman–Crippen LogP) is 2.25. The molecule has 0 radical (unpaired) electrons. The van der Waals surface area contributed by atoms with E-state index >= 15 is 0 Å². The summed E-state index contributed by atoms with van der Waals surface area (Å²) in [5.74, 6) is 1.24. The van der Waals surface area contributed by atoms with Crippen LogP contribution in [0.3, 0.4) is 0 Å². The van der Waals surface area contributed by atoms with Gasteiger partial charge in [-0.1, -0.05) is 6.07 Å². The van der Waals surface area contributed by atoms with E-state index in [1.807, 2.05) is 24.3 Å². The van der Waals surface area contributed by atoms with E-state index in [1.165, 1.54) is 23.1 Å². The van der Waals surface area contributed by atoms with Gasteiger partial charge in [-0.3, -0.25) is 0 Å². The molecule has 0 aliphatic rings. The summed E-state index contributed by atoms with van der Waals surface area (Å²) in [6.45, 7) is 0.195. The third-order valence-electron chi connectivity index (χ3n) is 3.21. The lowest BCUT2D eigenvalue weighted by Crippen LogP contribution is -2.07. The molecule has 0 aliphatic heterocycles. The molecule has 0 N–H and O–H groups in total. The second-order valence-corrected chi connectivity index (χ2v) is 8.28. The number of sulfone groups is 1. The van der Waals surface area contributed by atoms with Gasteiger partial charge in [0.25, 0.3) is 0 Å². The molecular weight excluding hydrogens is 443 g/mol. The van der Waals surface area contributed by atoms with Crippen LogP contribution >= 0.6 is 22.6 Å². The zero-order chi connectivity index (χ0) is 17.2. The maximum Gasteiger partial charge on any atom is 0.194 e. The zero-order valence-corrected chi connectivity index (χ0v) is 15.6. The SMILES string of the molecule is CS(=O)(=O)c1ccc(-n2nnnc2COc2cccc(I)c2)cc1. The van der Waals surface area contributed by atoms with Crippen LogP contribution in [0.4, 0.5) is 0 Å². The molecule has 0 amide bonds. The Hall–Kier alpha value is -2.01. The van der Waals surface area contributed by atoms with Crippen molar-refractivity contribution in [3.63, 3.8) is 0 Å². The molecule has 0 saturated heterocycles. The van der Waals surface area contributed by atoms with E-state index in [0.29, 0.717) is 11.5 Å². The lowest BCUT2D eigenvalue weighted by molar-refractivity contribution is 0.292. The van der Waals surface area contributed by atoms with Gasteiger partial charge in [-0.15, -0.1) is 5.10 Å². The number of ether oxygens (including phenoxy) is 1. The molecule has 7 nitrogen and oxygen atoms in total. The fourth-order valence-electron chi connectivity index (χ4n) is 2.04. The van der Waals surface area contributed by atoms with Gasteiger partial charge in [-0.2, -0.15) is 4.68 Å². The Balaban J connectivity index is 1.80. The molecule has 0 atom stereocenters. The average molecular weight is 456 g/mol. The quantitative estimate of drug-likeness (QED) is 0.548. The van der Waals surface area contributed by atoms with Gasteiger partial charge in [0.1, 0.15) is 12.4 Å². The van der Waals surface area contributed by atoms with E-state index in [0.717, 1.165) is 9.32 Å². The van der Waals surface area contributed by atoms with Gasteiger partial charge in [0, 0.05) is 9.83 Å². The van der Waals surface area contributed by atoms with Crippen molar-refractivity contribution in [2.24, 2.45) is 0 Å². The first kappa shape index (κ1) is 16.8. The number of rotatable bonds is 5. The van der Waals surface area contributed by atoms with Crippen LogP contribution in [0.1, 0.15) is 5.82 Å². The third-order valence-corrected chi connectivity index (χ3v) is 5.01. The van der Waals surface area contributed by atoms with E-state index in [-0.39, 0.29) is 11.5 Å². The third kappa shape index (κ3) is 3.90. The van der Waals surface area contributed by atoms with Crippen LogP contribution in [0.25, 0.3) is 5.69 Å². The first-order chi connectivity index (χ1) is 11.4. The first-order valence-corrected chi connectivity index (χ1v) is 9.86. The molecule has 9 heteroatoms. The van der Waals surface area contributed by atoms with Crippen molar-refractivity contribution in [2.45, 2.75) is 11.5 Å². The Bertz CT molecular complexity index is 955. The molecule has 1 heterocycles. The summed E-state index contributed by atoms with van der Waals surface area (Å²) in [5, 5.41) is 11.6. The topological polar surface area (TPSA) is 87.0 Å². The first-order valence-electron chi connectivity index (χ1n) is 6.89. The van der Waals surface area contributed by atoms with Crippen LogP contribution in [-0.2, 0) is 16.4 Å². The predicted molar refractivity (Wildman–Crippen MR) is 95.8 cm³/mol. The Morgan fingerprint density at radius 2 is 1.92 bits per heavy atom. The zero-order valence-electron chi connectivity index (χ0n) is 12.6. The van der Waals surface area contributed by atoms with Gasteiger partial charge < -0.3 is 4.74 Å². The minimum Gasteiger partial charge on any atom is -0.485 e. The summed E-state index contributed by atoms with van der Waals surface area (Å²) in [6.07, 6.45) is 1.17. The maximum absolute atomic E-state index is 11.5. The van der Waals surface area contributed by atoms with E-state index in [2.05, 4.69) is 38.1 Å². The highest BCUT2D eigenvalue weighted by Crippen LogP contribution is 2.17. The van der Waals surface area contributed by atoms with Crippen LogP contribution in [0.15, 0.2) is 53.4 Å². The highest BCUT2D eigenvalue weighted by atomic mass is 127. The maximum atomic E-state index is 11.5. The smallest absolute Gasteiger partial charge is 0.194 e. The normalized spacial score (nSPS) is 11.4. The fraction of sp³-hybridized carbons (Fsp3) is 0.133. The molecule has 0 spiro atoms. The van der Waals surface area contributed by atoms with Crippen LogP contribution in [-0.4, -0.2) is 34.9 Å². The Labute approximate surface area is 152 Å². The molecule has 0 aliphatic carbocycles. The standard InChI is InChI=1S/C15H13IN4O3S/c1-24(21,22)14-7-5-12(6-8-14)20-15(17-18-19-20)10-23-13-4-2-3-11(16)9-13/h2-9H,10H2,1H3. The second kappa shape index (κ2) is 6.85. The van der Waals surface area contributed by atoms with Crippen molar-refractivity contribution in [3.8, 4) is 11.4 Å². The van der Waals surface area contributed by atoms with Gasteiger partial charge in [0.05, 0.1) is 10.6 Å². The number of hydrogen-bond donors (Lipinski definition) is 0. The van der Waals surface area contributed by atoms with Gasteiger partial charge in [-0.25, -0.2) is 8.42 Å². The van der Waals surface area contributed by atoms with Crippen LogP contribution in [0.2, 0.25) is 0 Å². The molecule has 0 unspecified atom stereocenters. The fourth-order valence-corrected chi connectivity index (χ4v) is 3.18. The number of tetrazole rings is 1. The van der Waals surface area contributed by atoms with Gasteiger partial charge in [0.2, 0.25) is 0 Å².